The van der Waals surface area contributed by atoms with Gasteiger partial charge in [-0.15, -0.1) is 0 Å². The molecule has 7 rings (SSSR count). The Hall–Kier alpha value is -3.16. The summed E-state index contributed by atoms with van der Waals surface area (Å²) in [4.78, 5) is 0. The zero-order valence-corrected chi connectivity index (χ0v) is 19.6. The second-order valence-electron chi connectivity index (χ2n) is 9.55. The van der Waals surface area contributed by atoms with Gasteiger partial charge in [-0.3, -0.25) is 0 Å². The fourth-order valence-corrected chi connectivity index (χ4v) is 6.35. The van der Waals surface area contributed by atoms with E-state index < -0.39 is 0 Å². The van der Waals surface area contributed by atoms with E-state index in [-0.39, 0.29) is 5.41 Å². The van der Waals surface area contributed by atoms with E-state index in [0.717, 1.165) is 4.47 Å². The fraction of sp³-hybridized carbons (Fsp3) is 0.0968. The Morgan fingerprint density at radius 3 is 1.97 bits per heavy atom. The van der Waals surface area contributed by atoms with Crippen LogP contribution >= 0.6 is 15.9 Å². The molecule has 6 aromatic rings. The molecule has 6 aromatic carbocycles. The Kier molecular flexibility index (Phi) is 3.57. The molecule has 0 heterocycles. The molecule has 1 aliphatic carbocycles. The number of hydrogen-bond donors (Lipinski definition) is 0. The minimum Gasteiger partial charge on any atom is -0.0616 e. The summed E-state index contributed by atoms with van der Waals surface area (Å²) in [6.45, 7) is 4.73. The first-order chi connectivity index (χ1) is 15.5. The lowest BCUT2D eigenvalue weighted by Gasteiger charge is -2.23. The molecule has 0 saturated carbocycles. The van der Waals surface area contributed by atoms with Crippen molar-refractivity contribution >= 4 is 59.0 Å². The molecule has 152 valence electrons. The summed E-state index contributed by atoms with van der Waals surface area (Å²) in [6.07, 6.45) is 0. The first kappa shape index (κ1) is 18.4. The topological polar surface area (TPSA) is 0 Å². The average Bonchev–Trinajstić information content (AvgIpc) is 3.04. The first-order valence-electron chi connectivity index (χ1n) is 11.1. The Balaban J connectivity index is 1.61. The van der Waals surface area contributed by atoms with Crippen molar-refractivity contribution in [1.29, 1.82) is 0 Å². The van der Waals surface area contributed by atoms with E-state index in [1.807, 2.05) is 0 Å². The summed E-state index contributed by atoms with van der Waals surface area (Å²) in [6, 6.07) is 33.9. The standard InChI is InChI=1S/C31H21Br/c1-31(2)27-16-21(13-19-11-12-20-14-22(32)17-28(31)30(20)29(19)27)26-15-18-7-3-4-8-23(18)24-9-5-6-10-25(24)26/h3-17H,1-2H3. The van der Waals surface area contributed by atoms with Crippen LogP contribution in [-0.4, -0.2) is 0 Å². The Morgan fingerprint density at radius 1 is 0.562 bits per heavy atom. The number of hydrogen-bond acceptors (Lipinski definition) is 0. The van der Waals surface area contributed by atoms with Crippen molar-refractivity contribution in [2.45, 2.75) is 19.3 Å². The molecule has 0 unspecified atom stereocenters. The third kappa shape index (κ3) is 2.32. The summed E-state index contributed by atoms with van der Waals surface area (Å²) in [5, 5.41) is 10.7. The van der Waals surface area contributed by atoms with Crippen molar-refractivity contribution in [3.05, 3.63) is 107 Å². The minimum atomic E-state index is -0.0351. The van der Waals surface area contributed by atoms with Crippen molar-refractivity contribution in [3.8, 4) is 11.1 Å². The number of benzene rings is 6. The van der Waals surface area contributed by atoms with Gasteiger partial charge in [0.25, 0.3) is 0 Å². The highest BCUT2D eigenvalue weighted by Gasteiger charge is 2.34. The minimum absolute atomic E-state index is 0.0351. The normalized spacial score (nSPS) is 14.3. The van der Waals surface area contributed by atoms with Gasteiger partial charge < -0.3 is 0 Å². The van der Waals surface area contributed by atoms with Gasteiger partial charge in [0.15, 0.2) is 0 Å². The molecule has 32 heavy (non-hydrogen) atoms. The van der Waals surface area contributed by atoms with Gasteiger partial charge in [-0.1, -0.05) is 90.4 Å². The van der Waals surface area contributed by atoms with Gasteiger partial charge in [0.05, 0.1) is 0 Å². The molecule has 1 aliphatic rings. The Bertz CT molecular complexity index is 1750. The molecule has 0 radical (unpaired) electrons. The van der Waals surface area contributed by atoms with Gasteiger partial charge in [0, 0.05) is 9.89 Å². The third-order valence-corrected chi connectivity index (χ3v) is 7.88. The van der Waals surface area contributed by atoms with Crippen molar-refractivity contribution < 1.29 is 0 Å². The van der Waals surface area contributed by atoms with Crippen LogP contribution in [-0.2, 0) is 5.41 Å². The average molecular weight is 473 g/mol. The highest BCUT2D eigenvalue weighted by Crippen LogP contribution is 2.51. The molecule has 0 N–H and O–H groups in total. The van der Waals surface area contributed by atoms with E-state index in [0.29, 0.717) is 0 Å². The van der Waals surface area contributed by atoms with E-state index in [4.69, 9.17) is 0 Å². The van der Waals surface area contributed by atoms with Crippen LogP contribution in [0.4, 0.5) is 0 Å². The molecule has 0 amide bonds. The maximum atomic E-state index is 3.74. The summed E-state index contributed by atoms with van der Waals surface area (Å²) < 4.78 is 1.15. The SMILES string of the molecule is CC1(C)c2cc(Br)cc3ccc4cc(-c5cc6ccccc6c6ccccc56)cc1c4c23. The molecule has 0 aromatic heterocycles. The highest BCUT2D eigenvalue weighted by molar-refractivity contribution is 9.10. The van der Waals surface area contributed by atoms with Crippen LogP contribution in [0, 0.1) is 0 Å². The highest BCUT2D eigenvalue weighted by atomic mass is 79.9. The lowest BCUT2D eigenvalue weighted by atomic mass is 9.80. The summed E-state index contributed by atoms with van der Waals surface area (Å²) in [5.74, 6) is 0. The van der Waals surface area contributed by atoms with Crippen molar-refractivity contribution in [3.63, 3.8) is 0 Å². The zero-order chi connectivity index (χ0) is 21.6. The third-order valence-electron chi connectivity index (χ3n) is 7.42. The molecular formula is C31H21Br. The summed E-state index contributed by atoms with van der Waals surface area (Å²) >= 11 is 3.74. The molecule has 0 bridgehead atoms. The van der Waals surface area contributed by atoms with Crippen molar-refractivity contribution in [2.24, 2.45) is 0 Å². The second kappa shape index (κ2) is 6.21. The molecule has 0 aliphatic heterocycles. The first-order valence-corrected chi connectivity index (χ1v) is 11.9. The maximum Gasteiger partial charge on any atom is 0.0184 e. The van der Waals surface area contributed by atoms with E-state index in [1.54, 1.807) is 0 Å². The quantitative estimate of drug-likeness (QED) is 0.209. The second-order valence-corrected chi connectivity index (χ2v) is 10.5. The monoisotopic (exact) mass is 472 g/mol. The number of fused-ring (bicyclic) bond motifs is 3. The van der Waals surface area contributed by atoms with E-state index in [2.05, 4.69) is 121 Å². The van der Waals surface area contributed by atoms with Crippen LogP contribution < -0.4 is 0 Å². The van der Waals surface area contributed by atoms with Gasteiger partial charge in [-0.05, 0) is 95.7 Å². The molecule has 0 atom stereocenters. The predicted octanol–water partition coefficient (Wildman–Crippen LogP) is 9.37. The van der Waals surface area contributed by atoms with E-state index in [1.165, 1.54) is 65.3 Å². The van der Waals surface area contributed by atoms with Crippen molar-refractivity contribution in [2.75, 3.05) is 0 Å². The van der Waals surface area contributed by atoms with Crippen LogP contribution in [0.3, 0.4) is 0 Å². The Labute approximate surface area is 195 Å². The van der Waals surface area contributed by atoms with Gasteiger partial charge >= 0.3 is 0 Å². The van der Waals surface area contributed by atoms with Crippen LogP contribution in [0.1, 0.15) is 25.0 Å². The maximum absolute atomic E-state index is 3.74. The van der Waals surface area contributed by atoms with E-state index >= 15 is 0 Å². The van der Waals surface area contributed by atoms with E-state index in [9.17, 15) is 0 Å². The fourth-order valence-electron chi connectivity index (χ4n) is 5.87. The molecule has 0 saturated heterocycles. The molecule has 0 nitrogen and oxygen atoms in total. The van der Waals surface area contributed by atoms with Crippen LogP contribution in [0.25, 0.3) is 54.2 Å². The predicted molar refractivity (Wildman–Crippen MR) is 142 cm³/mol. The van der Waals surface area contributed by atoms with Gasteiger partial charge in [0.2, 0.25) is 0 Å². The lowest BCUT2D eigenvalue weighted by molar-refractivity contribution is 0.662. The van der Waals surface area contributed by atoms with Crippen LogP contribution in [0.15, 0.2) is 95.5 Å². The van der Waals surface area contributed by atoms with Crippen molar-refractivity contribution in [1.82, 2.24) is 0 Å². The van der Waals surface area contributed by atoms with Gasteiger partial charge in [-0.2, -0.15) is 0 Å². The summed E-state index contributed by atoms with van der Waals surface area (Å²) in [5.41, 5.74) is 5.43. The zero-order valence-electron chi connectivity index (χ0n) is 18.0. The number of halogens is 1. The Morgan fingerprint density at radius 2 is 1.19 bits per heavy atom. The van der Waals surface area contributed by atoms with Crippen LogP contribution in [0.5, 0.6) is 0 Å². The van der Waals surface area contributed by atoms with Gasteiger partial charge in [-0.25, -0.2) is 0 Å². The molecule has 1 heteroatoms. The molecular weight excluding hydrogens is 452 g/mol. The summed E-state index contributed by atoms with van der Waals surface area (Å²) in [7, 11) is 0. The van der Waals surface area contributed by atoms with Crippen LogP contribution in [0.2, 0.25) is 0 Å². The molecule has 0 fully saturated rings. The lowest BCUT2D eigenvalue weighted by Crippen LogP contribution is -2.15. The van der Waals surface area contributed by atoms with Gasteiger partial charge in [0.1, 0.15) is 0 Å². The smallest absolute Gasteiger partial charge is 0.0184 e. The molecule has 0 spiro atoms. The largest absolute Gasteiger partial charge is 0.0616 e. The number of rotatable bonds is 1.